The zero-order chi connectivity index (χ0) is 19.5. The zero-order valence-electron chi connectivity index (χ0n) is 15.8. The van der Waals surface area contributed by atoms with Gasteiger partial charge < -0.3 is 9.84 Å². The predicted octanol–water partition coefficient (Wildman–Crippen LogP) is 2.84. The first kappa shape index (κ1) is 20.2. The standard InChI is InChI=1S/C19H27NO5Si/c1-13(2)16-12-25-19(24)20(16)17(21)10-15(11-18(22)23)26(3,4)14-8-6-5-7-9-14/h5-9,13,15-16H,10-12H2,1-4H3,(H,22,23)/t15-,16+/m0/s1. The Morgan fingerprint density at radius 2 is 1.85 bits per heavy atom. The van der Waals surface area contributed by atoms with Crippen LogP contribution in [0.15, 0.2) is 30.3 Å². The number of aliphatic carboxylic acids is 1. The van der Waals surface area contributed by atoms with Gasteiger partial charge in [-0.3, -0.25) is 9.59 Å². The Morgan fingerprint density at radius 1 is 1.23 bits per heavy atom. The number of carboxylic acids is 1. The molecule has 6 nitrogen and oxygen atoms in total. The fourth-order valence-corrected chi connectivity index (χ4v) is 6.31. The number of carbonyl (C=O) groups is 3. The lowest BCUT2D eigenvalue weighted by atomic mass is 10.0. The Morgan fingerprint density at radius 3 is 2.38 bits per heavy atom. The Labute approximate surface area is 155 Å². The lowest BCUT2D eigenvalue weighted by Crippen LogP contribution is -2.49. The number of carboxylic acid groups (broad SMARTS) is 1. The second-order valence-corrected chi connectivity index (χ2v) is 12.6. The molecule has 1 aromatic carbocycles. The minimum absolute atomic E-state index is 0.0404. The maximum absolute atomic E-state index is 12.9. The molecule has 0 aliphatic carbocycles. The van der Waals surface area contributed by atoms with E-state index in [4.69, 9.17) is 4.74 Å². The third-order valence-electron chi connectivity index (χ3n) is 5.32. The molecule has 1 heterocycles. The molecule has 2 amide bonds. The van der Waals surface area contributed by atoms with Crippen LogP contribution in [0.4, 0.5) is 4.79 Å². The van der Waals surface area contributed by atoms with Crippen molar-refractivity contribution in [3.8, 4) is 0 Å². The Hall–Kier alpha value is -2.15. The van der Waals surface area contributed by atoms with E-state index >= 15 is 0 Å². The van der Waals surface area contributed by atoms with E-state index in [-0.39, 0.29) is 42.9 Å². The van der Waals surface area contributed by atoms with Gasteiger partial charge in [0, 0.05) is 12.8 Å². The summed E-state index contributed by atoms with van der Waals surface area (Å²) in [5, 5.41) is 10.5. The molecule has 142 valence electrons. The first-order valence-corrected chi connectivity index (χ1v) is 12.0. The molecule has 26 heavy (non-hydrogen) atoms. The molecule has 0 spiro atoms. The average molecular weight is 378 g/mol. The number of cyclic esters (lactones) is 1. The smallest absolute Gasteiger partial charge is 0.416 e. The van der Waals surface area contributed by atoms with E-state index in [9.17, 15) is 19.5 Å². The average Bonchev–Trinajstić information content (AvgIpc) is 2.96. The largest absolute Gasteiger partial charge is 0.481 e. The number of nitrogens with zero attached hydrogens (tertiary/aromatic N) is 1. The summed E-state index contributed by atoms with van der Waals surface area (Å²) in [6, 6.07) is 9.46. The fourth-order valence-electron chi connectivity index (χ4n) is 3.42. The van der Waals surface area contributed by atoms with Crippen molar-refractivity contribution in [3.05, 3.63) is 30.3 Å². The number of amides is 2. The van der Waals surface area contributed by atoms with Crippen molar-refractivity contribution in [1.29, 1.82) is 0 Å². The normalized spacial score (nSPS) is 18.7. The lowest BCUT2D eigenvalue weighted by molar-refractivity contribution is -0.137. The van der Waals surface area contributed by atoms with Crippen LogP contribution >= 0.6 is 0 Å². The summed E-state index contributed by atoms with van der Waals surface area (Å²) in [6.07, 6.45) is -0.671. The summed E-state index contributed by atoms with van der Waals surface area (Å²) in [7, 11) is -2.24. The summed E-state index contributed by atoms with van der Waals surface area (Å²) < 4.78 is 5.05. The van der Waals surface area contributed by atoms with Crippen LogP contribution in [0.2, 0.25) is 18.6 Å². The van der Waals surface area contributed by atoms with Gasteiger partial charge in [0.1, 0.15) is 6.61 Å². The molecule has 0 aromatic heterocycles. The highest BCUT2D eigenvalue weighted by Gasteiger charge is 2.43. The van der Waals surface area contributed by atoms with Gasteiger partial charge in [0.25, 0.3) is 0 Å². The van der Waals surface area contributed by atoms with Crippen LogP contribution in [0, 0.1) is 5.92 Å². The number of ether oxygens (including phenoxy) is 1. The van der Waals surface area contributed by atoms with Gasteiger partial charge in [-0.05, 0) is 11.5 Å². The fraction of sp³-hybridized carbons (Fsp3) is 0.526. The topological polar surface area (TPSA) is 83.9 Å². The van der Waals surface area contributed by atoms with Crippen LogP contribution in [-0.2, 0) is 14.3 Å². The first-order chi connectivity index (χ1) is 12.1. The second-order valence-electron chi connectivity index (χ2n) is 7.74. The number of hydrogen-bond donors (Lipinski definition) is 1. The van der Waals surface area contributed by atoms with Crippen LogP contribution in [0.3, 0.4) is 0 Å². The molecule has 0 saturated carbocycles. The van der Waals surface area contributed by atoms with Crippen LogP contribution in [-0.4, -0.2) is 48.7 Å². The van der Waals surface area contributed by atoms with Crippen molar-refractivity contribution in [2.75, 3.05) is 6.61 Å². The molecule has 2 rings (SSSR count). The monoisotopic (exact) mass is 377 g/mol. The molecule has 1 aliphatic rings. The van der Waals surface area contributed by atoms with Gasteiger partial charge >= 0.3 is 12.1 Å². The van der Waals surface area contributed by atoms with Crippen molar-refractivity contribution in [1.82, 2.24) is 4.90 Å². The maximum atomic E-state index is 12.9. The molecular weight excluding hydrogens is 350 g/mol. The highest BCUT2D eigenvalue weighted by molar-refractivity contribution is 6.91. The zero-order valence-corrected chi connectivity index (χ0v) is 16.8. The van der Waals surface area contributed by atoms with Gasteiger partial charge in [0.05, 0.1) is 14.1 Å². The quantitative estimate of drug-likeness (QED) is 0.739. The van der Waals surface area contributed by atoms with Gasteiger partial charge in [0.15, 0.2) is 0 Å². The van der Waals surface area contributed by atoms with Gasteiger partial charge in [-0.15, -0.1) is 0 Å². The molecular formula is C19H27NO5Si. The number of hydrogen-bond acceptors (Lipinski definition) is 4. The summed E-state index contributed by atoms with van der Waals surface area (Å²) in [6.45, 7) is 8.22. The third-order valence-corrected chi connectivity index (χ3v) is 9.60. The SMILES string of the molecule is CC(C)[C@H]1COC(=O)N1C(=O)C[C@@H](CC(=O)O)[Si](C)(C)c1ccccc1. The minimum atomic E-state index is -2.24. The highest BCUT2D eigenvalue weighted by Crippen LogP contribution is 2.32. The van der Waals surface area contributed by atoms with Gasteiger partial charge in [-0.25, -0.2) is 9.69 Å². The van der Waals surface area contributed by atoms with Crippen molar-refractivity contribution in [2.45, 2.75) is 51.4 Å². The first-order valence-electron chi connectivity index (χ1n) is 8.90. The number of rotatable bonds is 7. The van der Waals surface area contributed by atoms with Crippen molar-refractivity contribution < 1.29 is 24.2 Å². The van der Waals surface area contributed by atoms with E-state index in [1.807, 2.05) is 44.2 Å². The highest BCUT2D eigenvalue weighted by atomic mass is 28.3. The minimum Gasteiger partial charge on any atom is -0.481 e. The van der Waals surface area contributed by atoms with Gasteiger partial charge in [0.2, 0.25) is 5.91 Å². The molecule has 2 atom stereocenters. The number of benzene rings is 1. The molecule has 1 fully saturated rings. The number of imide groups is 1. The van der Waals surface area contributed by atoms with E-state index in [1.54, 1.807) is 0 Å². The van der Waals surface area contributed by atoms with Crippen LogP contribution < -0.4 is 5.19 Å². The molecule has 0 unspecified atom stereocenters. The Bertz CT molecular complexity index is 674. The van der Waals surface area contributed by atoms with Crippen LogP contribution in [0.25, 0.3) is 0 Å². The molecule has 0 bridgehead atoms. The van der Waals surface area contributed by atoms with E-state index < -0.39 is 20.1 Å². The molecule has 1 aliphatic heterocycles. The van der Waals surface area contributed by atoms with Gasteiger partial charge in [-0.2, -0.15) is 0 Å². The maximum Gasteiger partial charge on any atom is 0.416 e. The van der Waals surface area contributed by atoms with Crippen molar-refractivity contribution >= 4 is 31.2 Å². The molecule has 1 aromatic rings. The van der Waals surface area contributed by atoms with Crippen LogP contribution in [0.5, 0.6) is 0 Å². The third kappa shape index (κ3) is 4.33. The van der Waals surface area contributed by atoms with Gasteiger partial charge in [-0.1, -0.05) is 62.5 Å². The molecule has 1 saturated heterocycles. The summed E-state index contributed by atoms with van der Waals surface area (Å²) in [5.41, 5.74) is -0.309. The summed E-state index contributed by atoms with van der Waals surface area (Å²) in [5.74, 6) is -1.18. The van der Waals surface area contributed by atoms with Crippen molar-refractivity contribution in [2.24, 2.45) is 5.92 Å². The van der Waals surface area contributed by atoms with Crippen LogP contribution in [0.1, 0.15) is 26.7 Å². The molecule has 7 heteroatoms. The Balaban J connectivity index is 2.26. The van der Waals surface area contributed by atoms with Crippen molar-refractivity contribution in [3.63, 3.8) is 0 Å². The molecule has 0 radical (unpaired) electrons. The van der Waals surface area contributed by atoms with E-state index in [0.29, 0.717) is 0 Å². The van der Waals surface area contributed by atoms with E-state index in [0.717, 1.165) is 5.19 Å². The Kier molecular flexibility index (Phi) is 6.23. The van der Waals surface area contributed by atoms with E-state index in [1.165, 1.54) is 4.90 Å². The lowest BCUT2D eigenvalue weighted by Gasteiger charge is -2.33. The second kappa shape index (κ2) is 8.03. The van der Waals surface area contributed by atoms with E-state index in [2.05, 4.69) is 13.1 Å². The molecule has 1 N–H and O–H groups in total. The summed E-state index contributed by atoms with van der Waals surface area (Å²) >= 11 is 0. The predicted molar refractivity (Wildman–Crippen MR) is 101 cm³/mol. The number of carbonyl (C=O) groups excluding carboxylic acids is 2. The summed E-state index contributed by atoms with van der Waals surface area (Å²) in [4.78, 5) is 37.5.